The highest BCUT2D eigenvalue weighted by molar-refractivity contribution is 6.32. The van der Waals surface area contributed by atoms with Crippen molar-refractivity contribution < 1.29 is 5.11 Å². The van der Waals surface area contributed by atoms with Crippen molar-refractivity contribution in [3.63, 3.8) is 0 Å². The summed E-state index contributed by atoms with van der Waals surface area (Å²) in [5.41, 5.74) is 0.645. The molecule has 1 heterocycles. The summed E-state index contributed by atoms with van der Waals surface area (Å²) in [4.78, 5) is 7.92. The molecule has 1 aromatic heterocycles. The molecule has 3 N–H and O–H groups in total. The van der Waals surface area contributed by atoms with E-state index >= 15 is 0 Å². The van der Waals surface area contributed by atoms with Gasteiger partial charge in [0.25, 0.3) is 0 Å². The molecule has 0 saturated carbocycles. The lowest BCUT2D eigenvalue weighted by Crippen LogP contribution is -2.24. The number of nitrogens with zero attached hydrogens (tertiary/aromatic N) is 2. The molecule has 0 fully saturated rings. The first-order chi connectivity index (χ1) is 7.22. The lowest BCUT2D eigenvalue weighted by Gasteiger charge is -2.17. The summed E-state index contributed by atoms with van der Waals surface area (Å²) in [5.74, 6) is 0.610. The van der Waals surface area contributed by atoms with Gasteiger partial charge in [0.15, 0.2) is 11.0 Å². The molecule has 0 amide bonds. The van der Waals surface area contributed by atoms with Crippen LogP contribution in [-0.2, 0) is 0 Å². The van der Waals surface area contributed by atoms with E-state index < -0.39 is 0 Å². The average molecular weight is 231 g/mol. The quantitative estimate of drug-likeness (QED) is 0.667. The first-order valence-electron chi connectivity index (χ1n) is 4.78. The molecule has 15 heavy (non-hydrogen) atoms. The summed E-state index contributed by atoms with van der Waals surface area (Å²) in [6, 6.07) is -0.0249. The number of halogens is 1. The highest BCUT2D eigenvalue weighted by Gasteiger charge is 2.11. The molecule has 1 atom stereocenters. The Morgan fingerprint density at radius 3 is 2.80 bits per heavy atom. The maximum Gasteiger partial charge on any atom is 0.157 e. The summed E-state index contributed by atoms with van der Waals surface area (Å²) >= 11 is 5.88. The molecule has 6 heteroatoms. The second-order valence-corrected chi connectivity index (χ2v) is 3.43. The van der Waals surface area contributed by atoms with Crippen molar-refractivity contribution in [3.05, 3.63) is 11.5 Å². The van der Waals surface area contributed by atoms with Gasteiger partial charge in [-0.25, -0.2) is 9.97 Å². The molecule has 0 aliphatic rings. The molecule has 0 spiro atoms. The maximum absolute atomic E-state index is 9.06. The highest BCUT2D eigenvalue weighted by atomic mass is 35.5. The SMILES string of the molecule is CC[C@H](CO)Nc1ncnc(Cl)c1NC. The number of hydrogen-bond acceptors (Lipinski definition) is 5. The van der Waals surface area contributed by atoms with Gasteiger partial charge in [0, 0.05) is 7.05 Å². The fourth-order valence-corrected chi connectivity index (χ4v) is 1.39. The van der Waals surface area contributed by atoms with Crippen molar-refractivity contribution in [2.24, 2.45) is 0 Å². The number of rotatable bonds is 5. The molecule has 0 saturated heterocycles. The van der Waals surface area contributed by atoms with Crippen LogP contribution < -0.4 is 10.6 Å². The smallest absolute Gasteiger partial charge is 0.157 e. The van der Waals surface area contributed by atoms with Crippen LogP contribution in [0.1, 0.15) is 13.3 Å². The minimum absolute atomic E-state index is 0.0249. The third-order valence-corrected chi connectivity index (χ3v) is 2.39. The van der Waals surface area contributed by atoms with Crippen molar-refractivity contribution in [1.82, 2.24) is 9.97 Å². The number of nitrogens with one attached hydrogen (secondary N) is 2. The fraction of sp³-hybridized carbons (Fsp3) is 0.556. The lowest BCUT2D eigenvalue weighted by molar-refractivity contribution is 0.271. The number of anilines is 2. The molecule has 0 radical (unpaired) electrons. The Morgan fingerprint density at radius 2 is 2.27 bits per heavy atom. The first kappa shape index (κ1) is 12.0. The van der Waals surface area contributed by atoms with Gasteiger partial charge in [0.1, 0.15) is 12.0 Å². The van der Waals surface area contributed by atoms with Gasteiger partial charge in [-0.1, -0.05) is 18.5 Å². The van der Waals surface area contributed by atoms with Crippen LogP contribution in [0.5, 0.6) is 0 Å². The second-order valence-electron chi connectivity index (χ2n) is 3.07. The summed E-state index contributed by atoms with van der Waals surface area (Å²) < 4.78 is 0. The van der Waals surface area contributed by atoms with Crippen molar-refractivity contribution in [1.29, 1.82) is 0 Å². The van der Waals surface area contributed by atoms with Gasteiger partial charge in [-0.2, -0.15) is 0 Å². The van der Waals surface area contributed by atoms with Crippen molar-refractivity contribution >= 4 is 23.1 Å². The van der Waals surface area contributed by atoms with Gasteiger partial charge in [-0.05, 0) is 6.42 Å². The van der Waals surface area contributed by atoms with E-state index in [1.807, 2.05) is 6.92 Å². The summed E-state index contributed by atoms with van der Waals surface area (Å²) in [7, 11) is 1.75. The van der Waals surface area contributed by atoms with Crippen LogP contribution in [0.3, 0.4) is 0 Å². The molecule has 0 aliphatic carbocycles. The lowest BCUT2D eigenvalue weighted by atomic mass is 10.2. The van der Waals surface area contributed by atoms with Crippen molar-refractivity contribution in [2.75, 3.05) is 24.3 Å². The maximum atomic E-state index is 9.06. The summed E-state index contributed by atoms with van der Waals surface area (Å²) in [6.45, 7) is 2.04. The fourth-order valence-electron chi connectivity index (χ4n) is 1.17. The Morgan fingerprint density at radius 1 is 1.53 bits per heavy atom. The minimum atomic E-state index is -0.0249. The van der Waals surface area contributed by atoms with Crippen LogP contribution in [-0.4, -0.2) is 34.8 Å². The van der Waals surface area contributed by atoms with Gasteiger partial charge in [-0.3, -0.25) is 0 Å². The van der Waals surface area contributed by atoms with Gasteiger partial charge >= 0.3 is 0 Å². The van der Waals surface area contributed by atoms with Crippen molar-refractivity contribution in [2.45, 2.75) is 19.4 Å². The Balaban J connectivity index is 2.88. The summed E-state index contributed by atoms with van der Waals surface area (Å²) in [5, 5.41) is 15.4. The van der Waals surface area contributed by atoms with Gasteiger partial charge < -0.3 is 15.7 Å². The average Bonchev–Trinajstić information content (AvgIpc) is 2.26. The van der Waals surface area contributed by atoms with Crippen LogP contribution in [0.25, 0.3) is 0 Å². The second kappa shape index (κ2) is 5.72. The molecule has 84 valence electrons. The van der Waals surface area contributed by atoms with E-state index in [-0.39, 0.29) is 12.6 Å². The van der Waals surface area contributed by atoms with E-state index in [0.717, 1.165) is 6.42 Å². The molecule has 0 aliphatic heterocycles. The van der Waals surface area contributed by atoms with E-state index in [9.17, 15) is 0 Å². The molecule has 0 bridgehead atoms. The monoisotopic (exact) mass is 230 g/mol. The predicted octanol–water partition coefficient (Wildman–Crippen LogP) is 1.35. The first-order valence-corrected chi connectivity index (χ1v) is 5.16. The third-order valence-electron chi connectivity index (χ3n) is 2.11. The zero-order valence-electron chi connectivity index (χ0n) is 8.79. The summed E-state index contributed by atoms with van der Waals surface area (Å²) in [6.07, 6.45) is 2.19. The van der Waals surface area contributed by atoms with Crippen LogP contribution in [0, 0.1) is 0 Å². The zero-order valence-corrected chi connectivity index (χ0v) is 9.54. The number of hydrogen-bond donors (Lipinski definition) is 3. The molecular formula is C9H15ClN4O. The van der Waals surface area contributed by atoms with Crippen LogP contribution >= 0.6 is 11.6 Å². The zero-order chi connectivity index (χ0) is 11.3. The van der Waals surface area contributed by atoms with E-state index in [0.29, 0.717) is 16.7 Å². The number of aromatic nitrogens is 2. The van der Waals surface area contributed by atoms with E-state index in [4.69, 9.17) is 16.7 Å². The van der Waals surface area contributed by atoms with E-state index in [1.165, 1.54) is 6.33 Å². The molecule has 1 aromatic rings. The Bertz CT molecular complexity index is 317. The Labute approximate surface area is 93.9 Å². The van der Waals surface area contributed by atoms with Gasteiger partial charge in [0.05, 0.1) is 12.6 Å². The molecule has 1 rings (SSSR count). The normalized spacial score (nSPS) is 12.3. The largest absolute Gasteiger partial charge is 0.394 e. The molecule has 5 nitrogen and oxygen atoms in total. The van der Waals surface area contributed by atoms with Crippen molar-refractivity contribution in [3.8, 4) is 0 Å². The standard InChI is InChI=1S/C9H15ClN4O/c1-3-6(4-15)14-9-7(11-2)8(10)12-5-13-9/h5-6,11,15H,3-4H2,1-2H3,(H,12,13,14)/t6-/m1/s1. The predicted molar refractivity (Wildman–Crippen MR) is 61.4 cm³/mol. The molecule has 0 unspecified atom stereocenters. The van der Waals surface area contributed by atoms with E-state index in [2.05, 4.69) is 20.6 Å². The topological polar surface area (TPSA) is 70.1 Å². The van der Waals surface area contributed by atoms with Gasteiger partial charge in [-0.15, -0.1) is 0 Å². The van der Waals surface area contributed by atoms with Crippen LogP contribution in [0.15, 0.2) is 6.33 Å². The van der Waals surface area contributed by atoms with Crippen LogP contribution in [0.2, 0.25) is 5.15 Å². The number of aliphatic hydroxyl groups excluding tert-OH is 1. The minimum Gasteiger partial charge on any atom is -0.394 e. The molecular weight excluding hydrogens is 216 g/mol. The molecule has 0 aromatic carbocycles. The Kier molecular flexibility index (Phi) is 4.58. The Hall–Kier alpha value is -1.07. The highest BCUT2D eigenvalue weighted by Crippen LogP contribution is 2.25. The third kappa shape index (κ3) is 2.94. The van der Waals surface area contributed by atoms with Crippen LogP contribution in [0.4, 0.5) is 11.5 Å². The van der Waals surface area contributed by atoms with Gasteiger partial charge in [0.2, 0.25) is 0 Å². The van der Waals surface area contributed by atoms with E-state index in [1.54, 1.807) is 7.05 Å². The number of aliphatic hydroxyl groups is 1.